The van der Waals surface area contributed by atoms with Gasteiger partial charge in [0.25, 0.3) is 10.0 Å². The summed E-state index contributed by atoms with van der Waals surface area (Å²) in [5.74, 6) is 1.05. The zero-order valence-electron chi connectivity index (χ0n) is 23.4. The van der Waals surface area contributed by atoms with Gasteiger partial charge in [-0.15, -0.1) is 0 Å². The molecule has 0 saturated heterocycles. The smallest absolute Gasteiger partial charge is 0.364 e. The number of thioether (sulfide) groups is 1. The van der Waals surface area contributed by atoms with E-state index in [4.69, 9.17) is 4.84 Å². The molecule has 0 spiro atoms. The third kappa shape index (κ3) is 11.4. The van der Waals surface area contributed by atoms with E-state index in [1.54, 1.807) is 18.2 Å². The number of carbonyl (C=O) groups is 1. The van der Waals surface area contributed by atoms with Crippen molar-refractivity contribution in [3.8, 4) is 5.75 Å². The standard InChI is InChI=1S/C31H40N2O6S2/c1-41(37,38)33(39-31(36)26-16-8-5-9-17-26)28-23-27(18-19-29(28)34)30(35)24-32-20-10-2-3-11-21-40-22-12-15-25-13-6-4-7-14-25/h4-9,13-14,16-19,23,30,32,34-35H,2-3,10-12,15,20-22,24H2,1H3. The second-order valence-corrected chi connectivity index (χ2v) is 12.8. The van der Waals surface area contributed by atoms with Gasteiger partial charge in [0, 0.05) is 6.54 Å². The van der Waals surface area contributed by atoms with Crippen LogP contribution in [0.4, 0.5) is 5.69 Å². The summed E-state index contributed by atoms with van der Waals surface area (Å²) in [7, 11) is -4.11. The molecule has 3 aromatic rings. The molecule has 0 fully saturated rings. The number of nitrogens with zero attached hydrogens (tertiary/aromatic N) is 1. The highest BCUT2D eigenvalue weighted by Gasteiger charge is 2.27. The van der Waals surface area contributed by atoms with Gasteiger partial charge in [-0.2, -0.15) is 11.8 Å². The Hall–Kier alpha value is -3.05. The summed E-state index contributed by atoms with van der Waals surface area (Å²) in [4.78, 5) is 17.7. The van der Waals surface area contributed by atoms with Gasteiger partial charge in [-0.1, -0.05) is 71.9 Å². The fraction of sp³-hybridized carbons (Fsp3) is 0.387. The van der Waals surface area contributed by atoms with E-state index in [9.17, 15) is 23.4 Å². The predicted molar refractivity (Wildman–Crippen MR) is 166 cm³/mol. The van der Waals surface area contributed by atoms with Gasteiger partial charge in [0.2, 0.25) is 0 Å². The number of rotatable bonds is 18. The number of hydrogen-bond acceptors (Lipinski definition) is 8. The number of aliphatic hydroxyl groups is 1. The van der Waals surface area contributed by atoms with Gasteiger partial charge in [0.15, 0.2) is 0 Å². The summed E-state index contributed by atoms with van der Waals surface area (Å²) < 4.78 is 25.2. The maximum absolute atomic E-state index is 12.5. The first-order valence-corrected chi connectivity index (χ1v) is 16.9. The van der Waals surface area contributed by atoms with Crippen molar-refractivity contribution >= 4 is 33.4 Å². The lowest BCUT2D eigenvalue weighted by Gasteiger charge is -2.23. The molecule has 10 heteroatoms. The van der Waals surface area contributed by atoms with E-state index in [2.05, 4.69) is 29.6 Å². The van der Waals surface area contributed by atoms with E-state index in [0.29, 0.717) is 10.0 Å². The predicted octanol–water partition coefficient (Wildman–Crippen LogP) is 5.48. The van der Waals surface area contributed by atoms with E-state index >= 15 is 0 Å². The van der Waals surface area contributed by atoms with Crippen molar-refractivity contribution < 1.29 is 28.3 Å². The molecule has 0 bridgehead atoms. The third-order valence-corrected chi connectivity index (χ3v) is 8.41. The Balaban J connectivity index is 1.37. The Morgan fingerprint density at radius 1 is 0.927 bits per heavy atom. The zero-order valence-corrected chi connectivity index (χ0v) is 25.1. The number of nitrogens with one attached hydrogen (secondary N) is 1. The van der Waals surface area contributed by atoms with Crippen molar-refractivity contribution in [2.45, 2.75) is 44.6 Å². The molecule has 222 valence electrons. The average molecular weight is 601 g/mol. The van der Waals surface area contributed by atoms with Crippen molar-refractivity contribution in [2.24, 2.45) is 0 Å². The number of hydrogen-bond donors (Lipinski definition) is 3. The number of carbonyl (C=O) groups excluding carboxylic acids is 1. The van der Waals surface area contributed by atoms with Crippen LogP contribution in [0.15, 0.2) is 78.9 Å². The highest BCUT2D eigenvalue weighted by molar-refractivity contribution is 7.99. The molecule has 0 aliphatic carbocycles. The van der Waals surface area contributed by atoms with Crippen molar-refractivity contribution in [3.05, 3.63) is 95.6 Å². The lowest BCUT2D eigenvalue weighted by Crippen LogP contribution is -2.33. The average Bonchev–Trinajstić information content (AvgIpc) is 2.97. The number of benzene rings is 3. The summed E-state index contributed by atoms with van der Waals surface area (Å²) in [5, 5.41) is 24.3. The van der Waals surface area contributed by atoms with E-state index in [1.165, 1.54) is 66.7 Å². The minimum absolute atomic E-state index is 0.151. The van der Waals surface area contributed by atoms with E-state index in [1.807, 2.05) is 17.8 Å². The molecule has 41 heavy (non-hydrogen) atoms. The largest absolute Gasteiger partial charge is 0.506 e. The normalized spacial score (nSPS) is 12.1. The number of phenolic OH excluding ortho intramolecular Hbond substituents is 1. The number of anilines is 1. The second kappa shape index (κ2) is 17.0. The third-order valence-electron chi connectivity index (χ3n) is 6.38. The van der Waals surface area contributed by atoms with E-state index < -0.39 is 27.8 Å². The fourth-order valence-electron chi connectivity index (χ4n) is 4.18. The lowest BCUT2D eigenvalue weighted by molar-refractivity contribution is 0.0527. The quantitative estimate of drug-likeness (QED) is 0.130. The summed E-state index contributed by atoms with van der Waals surface area (Å²) in [5.41, 5.74) is 1.67. The molecule has 0 aromatic heterocycles. The van der Waals surface area contributed by atoms with Crippen LogP contribution in [0, 0.1) is 0 Å². The fourth-order valence-corrected chi connectivity index (χ4v) is 5.85. The minimum Gasteiger partial charge on any atom is -0.506 e. The molecular weight excluding hydrogens is 560 g/mol. The molecule has 8 nitrogen and oxygen atoms in total. The van der Waals surface area contributed by atoms with Gasteiger partial charge in [0.1, 0.15) is 11.4 Å². The number of aliphatic hydroxyl groups excluding tert-OH is 1. The van der Waals surface area contributed by atoms with Crippen LogP contribution in [-0.2, 0) is 21.3 Å². The van der Waals surface area contributed by atoms with E-state index in [0.717, 1.165) is 32.1 Å². The maximum atomic E-state index is 12.5. The number of sulfonamides is 1. The summed E-state index contributed by atoms with van der Waals surface area (Å²) in [6.45, 7) is 1.00. The van der Waals surface area contributed by atoms with Crippen LogP contribution in [0.5, 0.6) is 5.75 Å². The minimum atomic E-state index is -4.11. The van der Waals surface area contributed by atoms with Crippen LogP contribution in [-0.4, -0.2) is 55.5 Å². The Labute approximate surface area is 247 Å². The zero-order chi connectivity index (χ0) is 29.5. The van der Waals surface area contributed by atoms with Crippen LogP contribution < -0.4 is 9.79 Å². The Morgan fingerprint density at radius 2 is 1.59 bits per heavy atom. The second-order valence-electron chi connectivity index (χ2n) is 9.82. The molecule has 0 amide bonds. The molecule has 0 aliphatic heterocycles. The van der Waals surface area contributed by atoms with Gasteiger partial charge >= 0.3 is 5.97 Å². The van der Waals surface area contributed by atoms with Gasteiger partial charge < -0.3 is 20.4 Å². The molecule has 0 saturated carbocycles. The first-order valence-electron chi connectivity index (χ1n) is 13.9. The lowest BCUT2D eigenvalue weighted by atomic mass is 10.1. The van der Waals surface area contributed by atoms with Crippen LogP contribution in [0.3, 0.4) is 0 Å². The molecule has 3 rings (SSSR count). The SMILES string of the molecule is CS(=O)(=O)N(OC(=O)c1ccccc1)c1cc(C(O)CNCCCCCCSCCCc2ccccc2)ccc1O. The topological polar surface area (TPSA) is 116 Å². The number of aromatic hydroxyl groups is 1. The first kappa shape index (κ1) is 32.5. The summed E-state index contributed by atoms with van der Waals surface area (Å²) >= 11 is 2.01. The van der Waals surface area contributed by atoms with Crippen molar-refractivity contribution in [1.29, 1.82) is 0 Å². The molecule has 1 atom stereocenters. The molecular formula is C31H40N2O6S2. The number of phenols is 1. The van der Waals surface area contributed by atoms with E-state index in [-0.39, 0.29) is 17.8 Å². The van der Waals surface area contributed by atoms with Crippen LogP contribution in [0.25, 0.3) is 0 Å². The molecule has 0 radical (unpaired) electrons. The number of unbranched alkanes of at least 4 members (excludes halogenated alkanes) is 3. The van der Waals surface area contributed by atoms with Crippen LogP contribution in [0.1, 0.15) is 59.7 Å². The monoisotopic (exact) mass is 600 g/mol. The van der Waals surface area contributed by atoms with Gasteiger partial charge in [-0.05, 0) is 79.1 Å². The Bertz CT molecular complexity index is 1310. The molecule has 3 N–H and O–H groups in total. The van der Waals surface area contributed by atoms with Gasteiger partial charge in [0.05, 0.1) is 17.9 Å². The Morgan fingerprint density at radius 3 is 2.29 bits per heavy atom. The summed E-state index contributed by atoms with van der Waals surface area (Å²) in [6.07, 6.45) is 6.70. The molecule has 1 unspecified atom stereocenters. The molecule has 0 aliphatic rings. The highest BCUT2D eigenvalue weighted by atomic mass is 32.2. The molecule has 0 heterocycles. The van der Waals surface area contributed by atoms with Crippen molar-refractivity contribution in [3.63, 3.8) is 0 Å². The highest BCUT2D eigenvalue weighted by Crippen LogP contribution is 2.32. The number of aryl methyl sites for hydroxylation is 1. The van der Waals surface area contributed by atoms with Crippen LogP contribution in [0.2, 0.25) is 0 Å². The first-order chi connectivity index (χ1) is 19.8. The van der Waals surface area contributed by atoms with Gasteiger partial charge in [-0.3, -0.25) is 0 Å². The summed E-state index contributed by atoms with van der Waals surface area (Å²) in [6, 6.07) is 22.6. The van der Waals surface area contributed by atoms with Crippen LogP contribution >= 0.6 is 11.8 Å². The Kier molecular flexibility index (Phi) is 13.5. The van der Waals surface area contributed by atoms with Crippen molar-refractivity contribution in [2.75, 3.05) is 35.3 Å². The van der Waals surface area contributed by atoms with Gasteiger partial charge in [-0.25, -0.2) is 13.2 Å². The van der Waals surface area contributed by atoms with Crippen molar-refractivity contribution in [1.82, 2.24) is 5.32 Å². The maximum Gasteiger partial charge on any atom is 0.364 e. The molecule has 3 aromatic carbocycles.